The minimum Gasteiger partial charge on any atom is -0.491 e. The molecule has 6 nitrogen and oxygen atoms in total. The lowest BCUT2D eigenvalue weighted by molar-refractivity contribution is -0.135. The van der Waals surface area contributed by atoms with Crippen LogP contribution in [0.5, 0.6) is 5.75 Å². The summed E-state index contributed by atoms with van der Waals surface area (Å²) in [7, 11) is 1.57. The van der Waals surface area contributed by atoms with Crippen LogP contribution in [0.2, 0.25) is 0 Å². The molecular weight excluding hydrogens is 399 g/mol. The van der Waals surface area contributed by atoms with Gasteiger partial charge in [0.1, 0.15) is 24.2 Å². The fourth-order valence-electron chi connectivity index (χ4n) is 3.46. The van der Waals surface area contributed by atoms with Crippen molar-refractivity contribution >= 4 is 17.5 Å². The predicted octanol–water partition coefficient (Wildman–Crippen LogP) is 3.40. The third kappa shape index (κ3) is 5.41. The fourth-order valence-corrected chi connectivity index (χ4v) is 3.46. The molecule has 3 atom stereocenters. The quantitative estimate of drug-likeness (QED) is 0.495. The monoisotopic (exact) mass is 424 g/mol. The first-order valence-corrected chi connectivity index (χ1v) is 10.0. The average molecular weight is 424 g/mol. The maximum Gasteiger partial charge on any atom is 0.299 e. The molecule has 3 rings (SSSR count). The molecule has 0 aliphatic heterocycles. The van der Waals surface area contributed by atoms with E-state index in [0.717, 1.165) is 6.42 Å². The molecule has 3 unspecified atom stereocenters. The van der Waals surface area contributed by atoms with E-state index in [2.05, 4.69) is 11.2 Å². The molecule has 31 heavy (non-hydrogen) atoms. The summed E-state index contributed by atoms with van der Waals surface area (Å²) in [6, 6.07) is 11.3. The highest BCUT2D eigenvalue weighted by Gasteiger charge is 2.46. The number of nitrogens with zero attached hydrogens (tertiary/aromatic N) is 1. The van der Waals surface area contributed by atoms with E-state index in [-0.39, 0.29) is 18.6 Å². The van der Waals surface area contributed by atoms with Gasteiger partial charge >= 0.3 is 0 Å². The molecule has 1 aliphatic rings. The Morgan fingerprint density at radius 3 is 2.52 bits per heavy atom. The van der Waals surface area contributed by atoms with Crippen molar-refractivity contribution < 1.29 is 23.5 Å². The zero-order valence-corrected chi connectivity index (χ0v) is 17.5. The molecule has 162 valence electrons. The second kappa shape index (κ2) is 10.1. The maximum absolute atomic E-state index is 13.4. The summed E-state index contributed by atoms with van der Waals surface area (Å²) in [5, 5.41) is 2.77. The molecule has 0 radical (unpaired) electrons. The summed E-state index contributed by atoms with van der Waals surface area (Å²) in [5.74, 6) is 1.39. The smallest absolute Gasteiger partial charge is 0.299 e. The lowest BCUT2D eigenvalue weighted by Gasteiger charge is -2.31. The van der Waals surface area contributed by atoms with Crippen LogP contribution in [0.25, 0.3) is 0 Å². The van der Waals surface area contributed by atoms with Crippen molar-refractivity contribution in [2.75, 3.05) is 25.6 Å². The normalized spacial score (nSPS) is 17.9. The summed E-state index contributed by atoms with van der Waals surface area (Å²) >= 11 is 0. The van der Waals surface area contributed by atoms with Crippen molar-refractivity contribution in [3.63, 3.8) is 0 Å². The molecule has 2 aromatic carbocycles. The Hall–Kier alpha value is -3.37. The number of rotatable bonds is 9. The zero-order valence-electron chi connectivity index (χ0n) is 17.5. The molecule has 1 aliphatic carbocycles. The lowest BCUT2D eigenvalue weighted by atomic mass is 10.0. The van der Waals surface area contributed by atoms with E-state index in [4.69, 9.17) is 15.9 Å². The first-order chi connectivity index (χ1) is 15.0. The molecule has 7 heteroatoms. The van der Waals surface area contributed by atoms with E-state index in [1.54, 1.807) is 31.4 Å². The lowest BCUT2D eigenvalue weighted by Crippen LogP contribution is -2.43. The number of halogens is 1. The summed E-state index contributed by atoms with van der Waals surface area (Å²) in [4.78, 5) is 27.6. The molecule has 0 heterocycles. The van der Waals surface area contributed by atoms with Gasteiger partial charge in [-0.05, 0) is 48.6 Å². The van der Waals surface area contributed by atoms with Gasteiger partial charge in [-0.3, -0.25) is 9.59 Å². The number of carbonyl (C=O) groups is 2. The van der Waals surface area contributed by atoms with Gasteiger partial charge < -0.3 is 19.7 Å². The number of amides is 2. The number of benzene rings is 2. The van der Waals surface area contributed by atoms with E-state index in [0.29, 0.717) is 23.6 Å². The van der Waals surface area contributed by atoms with Gasteiger partial charge in [-0.2, -0.15) is 0 Å². The Balaban J connectivity index is 2.00. The van der Waals surface area contributed by atoms with Gasteiger partial charge in [-0.25, -0.2) is 4.39 Å². The average Bonchev–Trinajstić information content (AvgIpc) is 3.49. The second-order valence-electron chi connectivity index (χ2n) is 7.41. The molecule has 1 N–H and O–H groups in total. The van der Waals surface area contributed by atoms with Gasteiger partial charge in [0.25, 0.3) is 11.8 Å². The first-order valence-electron chi connectivity index (χ1n) is 10.0. The summed E-state index contributed by atoms with van der Waals surface area (Å²) in [5.41, 5.74) is 0.923. The number of carbonyl (C=O) groups excluding carboxylic acids is 2. The number of methoxy groups -OCH3 is 1. The summed E-state index contributed by atoms with van der Waals surface area (Å²) in [6.45, 7) is 2.65. The van der Waals surface area contributed by atoms with Crippen molar-refractivity contribution in [3.05, 3.63) is 59.9 Å². The standard InChI is InChI=1S/C24H25FN2O4/c1-4-22(28)27(20-15-16(20)2)23(24(29)26-18-11-9-17(25)10-12-18)19-7-5-6-8-21(19)31-14-13-30-3/h1,5-12,16,20,23H,13-15H2,2-3H3,(H,26,29). The Kier molecular flexibility index (Phi) is 7.27. The molecule has 0 aromatic heterocycles. The third-order valence-electron chi connectivity index (χ3n) is 5.18. The molecule has 1 fully saturated rings. The van der Waals surface area contributed by atoms with Gasteiger partial charge in [0, 0.05) is 24.4 Å². The van der Waals surface area contributed by atoms with E-state index in [1.807, 2.05) is 6.92 Å². The van der Waals surface area contributed by atoms with Crippen LogP contribution in [0, 0.1) is 24.1 Å². The number of terminal acetylenes is 1. The van der Waals surface area contributed by atoms with E-state index in [9.17, 15) is 14.0 Å². The Labute approximate surface area is 181 Å². The molecule has 0 spiro atoms. The fraction of sp³-hybridized carbons (Fsp3) is 0.333. The van der Waals surface area contributed by atoms with E-state index >= 15 is 0 Å². The minimum absolute atomic E-state index is 0.153. The SMILES string of the molecule is C#CC(=O)N(C(C(=O)Nc1ccc(F)cc1)c1ccccc1OCCOC)C1CC1C. The van der Waals surface area contributed by atoms with Crippen molar-refractivity contribution in [2.24, 2.45) is 5.92 Å². The van der Waals surface area contributed by atoms with Gasteiger partial charge in [-0.15, -0.1) is 6.42 Å². The van der Waals surface area contributed by atoms with Crippen LogP contribution >= 0.6 is 0 Å². The van der Waals surface area contributed by atoms with Gasteiger partial charge in [-0.1, -0.05) is 25.1 Å². The van der Waals surface area contributed by atoms with Crippen LogP contribution in [0.1, 0.15) is 24.9 Å². The molecule has 2 amide bonds. The summed E-state index contributed by atoms with van der Waals surface area (Å²) < 4.78 is 24.1. The van der Waals surface area contributed by atoms with Crippen molar-refractivity contribution in [1.82, 2.24) is 4.90 Å². The number of ether oxygens (including phenoxy) is 2. The van der Waals surface area contributed by atoms with Gasteiger partial charge in [0.05, 0.1) is 6.61 Å². The number of hydrogen-bond donors (Lipinski definition) is 1. The highest BCUT2D eigenvalue weighted by atomic mass is 19.1. The number of hydrogen-bond acceptors (Lipinski definition) is 4. The van der Waals surface area contributed by atoms with Crippen molar-refractivity contribution in [2.45, 2.75) is 25.4 Å². The number of nitrogens with one attached hydrogen (secondary N) is 1. The van der Waals surface area contributed by atoms with Crippen LogP contribution in [-0.2, 0) is 14.3 Å². The van der Waals surface area contributed by atoms with Gasteiger partial charge in [0.15, 0.2) is 0 Å². The topological polar surface area (TPSA) is 67.9 Å². The Morgan fingerprint density at radius 2 is 1.90 bits per heavy atom. The largest absolute Gasteiger partial charge is 0.491 e. The van der Waals surface area contributed by atoms with Crippen LogP contribution in [0.15, 0.2) is 48.5 Å². The van der Waals surface area contributed by atoms with E-state index in [1.165, 1.54) is 29.2 Å². The number of anilines is 1. The Bertz CT molecular complexity index is 970. The maximum atomic E-state index is 13.4. The van der Waals surface area contributed by atoms with Crippen molar-refractivity contribution in [3.8, 4) is 18.1 Å². The highest BCUT2D eigenvalue weighted by molar-refractivity contribution is 6.01. The second-order valence-corrected chi connectivity index (χ2v) is 7.41. The van der Waals surface area contributed by atoms with Crippen LogP contribution < -0.4 is 10.1 Å². The molecular formula is C24H25FN2O4. The molecule has 2 aromatic rings. The van der Waals surface area contributed by atoms with Crippen LogP contribution in [-0.4, -0.2) is 43.1 Å². The van der Waals surface area contributed by atoms with Crippen molar-refractivity contribution in [1.29, 1.82) is 0 Å². The first kappa shape index (κ1) is 22.3. The number of para-hydroxylation sites is 1. The zero-order chi connectivity index (χ0) is 22.4. The Morgan fingerprint density at radius 1 is 1.23 bits per heavy atom. The third-order valence-corrected chi connectivity index (χ3v) is 5.18. The molecule has 0 bridgehead atoms. The minimum atomic E-state index is -1.01. The highest BCUT2D eigenvalue weighted by Crippen LogP contribution is 2.42. The van der Waals surface area contributed by atoms with Crippen LogP contribution in [0.3, 0.4) is 0 Å². The molecule has 0 saturated heterocycles. The predicted molar refractivity (Wildman–Crippen MR) is 115 cm³/mol. The van der Waals surface area contributed by atoms with E-state index < -0.39 is 23.7 Å². The van der Waals surface area contributed by atoms with Gasteiger partial charge in [0.2, 0.25) is 0 Å². The summed E-state index contributed by atoms with van der Waals surface area (Å²) in [6.07, 6.45) is 6.19. The molecule has 1 saturated carbocycles. The van der Waals surface area contributed by atoms with Crippen LogP contribution in [0.4, 0.5) is 10.1 Å².